The average Bonchev–Trinajstić information content (AvgIpc) is 2.47. The number of hydrogen-bond acceptors (Lipinski definition) is 2. The maximum absolute atomic E-state index is 6.01. The Balaban J connectivity index is 2.24. The first-order chi connectivity index (χ1) is 10.0. The van der Waals surface area contributed by atoms with E-state index in [4.69, 9.17) is 21.1 Å². The molecule has 112 valence electrons. The summed E-state index contributed by atoms with van der Waals surface area (Å²) < 4.78 is 13.2. The predicted molar refractivity (Wildman–Crippen MR) is 93.5 cm³/mol. The summed E-state index contributed by atoms with van der Waals surface area (Å²) in [5.41, 5.74) is 3.05. The second-order valence-corrected chi connectivity index (χ2v) is 6.63. The van der Waals surface area contributed by atoms with Crippen LogP contribution in [0.3, 0.4) is 0 Å². The van der Waals surface area contributed by atoms with Gasteiger partial charge < -0.3 is 9.47 Å². The van der Waals surface area contributed by atoms with Gasteiger partial charge in [-0.1, -0.05) is 31.9 Å². The summed E-state index contributed by atoms with van der Waals surface area (Å²) in [5.74, 6) is 2.05. The third-order valence-electron chi connectivity index (χ3n) is 3.09. The minimum atomic E-state index is 0.412. The lowest BCUT2D eigenvalue weighted by molar-refractivity contribution is 0.300. The van der Waals surface area contributed by atoms with Crippen LogP contribution in [0.25, 0.3) is 0 Å². The molecule has 0 radical (unpaired) electrons. The number of alkyl halides is 1. The molecule has 0 bridgehead atoms. The van der Waals surface area contributed by atoms with Crippen LogP contribution in [0.4, 0.5) is 0 Å². The average molecular weight is 435 g/mol. The van der Waals surface area contributed by atoms with Crippen molar-refractivity contribution in [1.29, 1.82) is 0 Å². The van der Waals surface area contributed by atoms with Crippen LogP contribution < -0.4 is 9.47 Å². The molecule has 0 amide bonds. The van der Waals surface area contributed by atoms with Gasteiger partial charge in [-0.25, -0.2) is 0 Å². The quantitative estimate of drug-likeness (QED) is 0.550. The van der Waals surface area contributed by atoms with Crippen LogP contribution in [0.15, 0.2) is 39.3 Å². The Labute approximate surface area is 146 Å². The normalized spacial score (nSPS) is 10.5. The molecule has 0 saturated heterocycles. The van der Waals surface area contributed by atoms with Crippen molar-refractivity contribution in [3.63, 3.8) is 0 Å². The molecule has 5 heteroatoms. The fraction of sp³-hybridized carbons (Fsp3) is 0.250. The summed E-state index contributed by atoms with van der Waals surface area (Å²) >= 11 is 13.0. The Hall–Kier alpha value is -0.710. The molecule has 0 unspecified atom stereocenters. The summed E-state index contributed by atoms with van der Waals surface area (Å²) in [6.45, 7) is 2.46. The van der Waals surface area contributed by atoms with E-state index in [1.165, 1.54) is 0 Å². The Kier molecular flexibility index (Phi) is 5.97. The second kappa shape index (κ2) is 7.52. The minimum absolute atomic E-state index is 0.412. The first-order valence-electron chi connectivity index (χ1n) is 6.35. The van der Waals surface area contributed by atoms with Crippen molar-refractivity contribution in [3.05, 3.63) is 56.0 Å². The van der Waals surface area contributed by atoms with Crippen LogP contribution in [0.2, 0.25) is 0 Å². The van der Waals surface area contributed by atoms with E-state index in [-0.39, 0.29) is 0 Å². The Morgan fingerprint density at radius 1 is 1.10 bits per heavy atom. The van der Waals surface area contributed by atoms with Crippen LogP contribution in [0.1, 0.15) is 16.7 Å². The lowest BCUT2D eigenvalue weighted by atomic mass is 10.1. The summed E-state index contributed by atoms with van der Waals surface area (Å²) in [4.78, 5) is 0. The van der Waals surface area contributed by atoms with Crippen LogP contribution >= 0.6 is 43.5 Å². The zero-order valence-electron chi connectivity index (χ0n) is 11.8. The van der Waals surface area contributed by atoms with Crippen LogP contribution in [-0.4, -0.2) is 7.11 Å². The molecular weight excluding hydrogens is 419 g/mol. The number of benzene rings is 2. The first kappa shape index (κ1) is 16.7. The molecule has 21 heavy (non-hydrogen) atoms. The number of halogens is 3. The molecule has 0 aliphatic rings. The van der Waals surface area contributed by atoms with Crippen LogP contribution in [0, 0.1) is 6.92 Å². The van der Waals surface area contributed by atoms with Gasteiger partial charge in [0.15, 0.2) is 0 Å². The maximum Gasteiger partial charge on any atom is 0.127 e. The highest BCUT2D eigenvalue weighted by Crippen LogP contribution is 2.31. The largest absolute Gasteiger partial charge is 0.497 e. The summed E-state index contributed by atoms with van der Waals surface area (Å²) in [6.07, 6.45) is 0. The van der Waals surface area contributed by atoms with Gasteiger partial charge in [-0.3, -0.25) is 0 Å². The van der Waals surface area contributed by atoms with E-state index in [1.54, 1.807) is 7.11 Å². The molecule has 0 aliphatic heterocycles. The lowest BCUT2D eigenvalue weighted by Gasteiger charge is -2.15. The van der Waals surface area contributed by atoms with Crippen molar-refractivity contribution in [2.75, 3.05) is 7.11 Å². The fourth-order valence-electron chi connectivity index (χ4n) is 2.04. The van der Waals surface area contributed by atoms with Crippen LogP contribution in [-0.2, 0) is 12.5 Å². The molecule has 0 fully saturated rings. The lowest BCUT2D eigenvalue weighted by Crippen LogP contribution is -2.01. The number of ether oxygens (including phenoxy) is 2. The molecule has 2 nitrogen and oxygen atoms in total. The number of rotatable bonds is 5. The summed E-state index contributed by atoms with van der Waals surface area (Å²) in [6, 6.07) is 9.82. The topological polar surface area (TPSA) is 18.5 Å². The van der Waals surface area contributed by atoms with E-state index in [0.717, 1.165) is 37.1 Å². The minimum Gasteiger partial charge on any atom is -0.497 e. The number of methoxy groups -OCH3 is 1. The van der Waals surface area contributed by atoms with Crippen molar-refractivity contribution < 1.29 is 9.47 Å². The second-order valence-electron chi connectivity index (χ2n) is 4.59. The molecule has 0 aromatic heterocycles. The highest BCUT2D eigenvalue weighted by Gasteiger charge is 2.10. The standard InChI is InChI=1S/C16H15Br2ClO2/c1-10-5-13(17)6-11(8-19)16(10)21-9-12-7-14(20-2)3-4-15(12)18/h3-7H,8-9H2,1-2H3. The molecule has 0 N–H and O–H groups in total. The van der Waals surface area contributed by atoms with E-state index in [2.05, 4.69) is 31.9 Å². The van der Waals surface area contributed by atoms with E-state index in [9.17, 15) is 0 Å². The van der Waals surface area contributed by atoms with Crippen LogP contribution in [0.5, 0.6) is 11.5 Å². The third kappa shape index (κ3) is 4.15. The van der Waals surface area contributed by atoms with Gasteiger partial charge in [0.05, 0.1) is 13.0 Å². The van der Waals surface area contributed by atoms with Gasteiger partial charge in [-0.2, -0.15) is 0 Å². The zero-order chi connectivity index (χ0) is 15.4. The predicted octanol–water partition coefficient (Wildman–Crippen LogP) is 5.85. The van der Waals surface area contributed by atoms with Crippen molar-refractivity contribution in [3.8, 4) is 11.5 Å². The van der Waals surface area contributed by atoms with Gasteiger partial charge in [-0.05, 0) is 42.8 Å². The van der Waals surface area contributed by atoms with Gasteiger partial charge in [0.25, 0.3) is 0 Å². The SMILES string of the molecule is COc1ccc(Br)c(COc2c(C)cc(Br)cc2CCl)c1. The molecule has 2 aromatic carbocycles. The summed E-state index contributed by atoms with van der Waals surface area (Å²) in [7, 11) is 1.65. The Morgan fingerprint density at radius 2 is 1.86 bits per heavy atom. The highest BCUT2D eigenvalue weighted by atomic mass is 79.9. The van der Waals surface area contributed by atoms with E-state index < -0.39 is 0 Å². The fourth-order valence-corrected chi connectivity index (χ4v) is 3.22. The Bertz CT molecular complexity index is 644. The van der Waals surface area contributed by atoms with Gasteiger partial charge >= 0.3 is 0 Å². The molecule has 0 spiro atoms. The van der Waals surface area contributed by atoms with E-state index in [1.807, 2.05) is 37.3 Å². The van der Waals surface area contributed by atoms with Gasteiger partial charge in [0.2, 0.25) is 0 Å². The molecule has 0 saturated carbocycles. The first-order valence-corrected chi connectivity index (χ1v) is 8.47. The van der Waals surface area contributed by atoms with Crippen molar-refractivity contribution in [1.82, 2.24) is 0 Å². The van der Waals surface area contributed by atoms with Crippen molar-refractivity contribution in [2.24, 2.45) is 0 Å². The molecule has 0 atom stereocenters. The smallest absolute Gasteiger partial charge is 0.127 e. The highest BCUT2D eigenvalue weighted by molar-refractivity contribution is 9.10. The third-order valence-corrected chi connectivity index (χ3v) is 4.60. The number of hydrogen-bond donors (Lipinski definition) is 0. The Morgan fingerprint density at radius 3 is 2.52 bits per heavy atom. The monoisotopic (exact) mass is 432 g/mol. The molecule has 2 aromatic rings. The van der Waals surface area contributed by atoms with Gasteiger partial charge in [-0.15, -0.1) is 11.6 Å². The van der Waals surface area contributed by atoms with Crippen molar-refractivity contribution in [2.45, 2.75) is 19.4 Å². The maximum atomic E-state index is 6.01. The molecule has 0 heterocycles. The zero-order valence-corrected chi connectivity index (χ0v) is 15.7. The van der Waals surface area contributed by atoms with E-state index in [0.29, 0.717) is 12.5 Å². The molecule has 0 aliphatic carbocycles. The summed E-state index contributed by atoms with van der Waals surface area (Å²) in [5, 5.41) is 0. The van der Waals surface area contributed by atoms with Gasteiger partial charge in [0, 0.05) is 20.1 Å². The van der Waals surface area contributed by atoms with E-state index >= 15 is 0 Å². The molecule has 2 rings (SSSR count). The van der Waals surface area contributed by atoms with Gasteiger partial charge in [0.1, 0.15) is 18.1 Å². The number of aryl methyl sites for hydroxylation is 1. The van der Waals surface area contributed by atoms with Crippen molar-refractivity contribution >= 4 is 43.5 Å². The molecular formula is C16H15Br2ClO2.